The number of piperidine rings is 1. The Morgan fingerprint density at radius 1 is 1.35 bits per heavy atom. The van der Waals surface area contributed by atoms with Gasteiger partial charge in [-0.25, -0.2) is 4.68 Å². The molecule has 2 aliphatic rings. The maximum absolute atomic E-state index is 11.9. The minimum atomic E-state index is -0.253. The Morgan fingerprint density at radius 2 is 2.13 bits per heavy atom. The van der Waals surface area contributed by atoms with Crippen LogP contribution in [0.15, 0.2) is 11.0 Å². The minimum Gasteiger partial charge on any atom is -0.376 e. The number of aryl methyl sites for hydroxylation is 1. The second-order valence-electron chi connectivity index (χ2n) is 6.28. The Hall–Kier alpha value is -1.11. The lowest BCUT2D eigenvalue weighted by atomic mass is 10.1. The molecule has 2 aliphatic heterocycles. The number of halogens is 1. The van der Waals surface area contributed by atoms with E-state index < -0.39 is 0 Å². The quantitative estimate of drug-likeness (QED) is 0.838. The van der Waals surface area contributed by atoms with Crippen LogP contribution in [0.25, 0.3) is 0 Å². The maximum atomic E-state index is 11.9. The topological polar surface area (TPSA) is 56.6 Å². The smallest absolute Gasteiger partial charge is 0.287 e. The monoisotopic (exact) mass is 341 g/mol. The fourth-order valence-corrected chi connectivity index (χ4v) is 3.46. The summed E-state index contributed by atoms with van der Waals surface area (Å²) in [7, 11) is 1.60. The minimum absolute atomic E-state index is 0.248. The molecule has 0 saturated carbocycles. The molecule has 0 N–H and O–H groups in total. The molecule has 1 aromatic rings. The van der Waals surface area contributed by atoms with Crippen molar-refractivity contribution in [3.05, 3.63) is 21.6 Å². The van der Waals surface area contributed by atoms with E-state index in [4.69, 9.17) is 21.1 Å². The number of aromatic nitrogens is 2. The fourth-order valence-electron chi connectivity index (χ4n) is 3.17. The summed E-state index contributed by atoms with van der Waals surface area (Å²) >= 11 is 6.17. The van der Waals surface area contributed by atoms with E-state index in [1.807, 2.05) is 0 Å². The van der Waals surface area contributed by atoms with E-state index in [1.165, 1.54) is 17.5 Å². The summed E-state index contributed by atoms with van der Waals surface area (Å²) in [6.07, 6.45) is 7.55. The van der Waals surface area contributed by atoms with Crippen molar-refractivity contribution in [3.63, 3.8) is 0 Å². The Kier molecular flexibility index (Phi) is 5.56. The Labute approximate surface area is 141 Å². The number of ether oxygens (including phenoxy) is 2. The molecule has 6 nitrogen and oxygen atoms in total. The molecular formula is C16H24ClN3O3. The second kappa shape index (κ2) is 7.64. The highest BCUT2D eigenvalue weighted by atomic mass is 35.5. The van der Waals surface area contributed by atoms with Crippen molar-refractivity contribution in [2.75, 3.05) is 31.2 Å². The number of hydrogen-bond donors (Lipinski definition) is 0. The summed E-state index contributed by atoms with van der Waals surface area (Å²) in [6.45, 7) is 3.20. The van der Waals surface area contributed by atoms with Gasteiger partial charge in [-0.3, -0.25) is 4.79 Å². The summed E-state index contributed by atoms with van der Waals surface area (Å²) in [6, 6.07) is 0. The lowest BCUT2D eigenvalue weighted by molar-refractivity contribution is -0.0672. The Balaban J connectivity index is 1.50. The highest BCUT2D eigenvalue weighted by Crippen LogP contribution is 2.25. The van der Waals surface area contributed by atoms with Crippen LogP contribution in [0.3, 0.4) is 0 Å². The summed E-state index contributed by atoms with van der Waals surface area (Å²) in [4.78, 5) is 14.0. The molecule has 128 valence electrons. The third kappa shape index (κ3) is 4.05. The molecule has 0 aromatic carbocycles. The van der Waals surface area contributed by atoms with Gasteiger partial charge in [-0.2, -0.15) is 5.10 Å². The van der Waals surface area contributed by atoms with Gasteiger partial charge in [0.25, 0.3) is 5.56 Å². The molecule has 3 rings (SSSR count). The van der Waals surface area contributed by atoms with Gasteiger partial charge in [0.1, 0.15) is 5.02 Å². The van der Waals surface area contributed by atoms with Gasteiger partial charge in [0.05, 0.1) is 30.7 Å². The first-order chi connectivity index (χ1) is 11.1. The highest BCUT2D eigenvalue weighted by Gasteiger charge is 2.24. The van der Waals surface area contributed by atoms with Crippen molar-refractivity contribution in [3.8, 4) is 0 Å². The lowest BCUT2D eigenvalue weighted by Crippen LogP contribution is -2.39. The van der Waals surface area contributed by atoms with E-state index in [0.29, 0.717) is 6.61 Å². The largest absolute Gasteiger partial charge is 0.376 e. The van der Waals surface area contributed by atoms with E-state index in [2.05, 4.69) is 10.00 Å². The van der Waals surface area contributed by atoms with Gasteiger partial charge in [-0.15, -0.1) is 0 Å². The van der Waals surface area contributed by atoms with Crippen LogP contribution in [0.1, 0.15) is 32.1 Å². The van der Waals surface area contributed by atoms with Crippen LogP contribution in [0.2, 0.25) is 5.02 Å². The molecule has 23 heavy (non-hydrogen) atoms. The first kappa shape index (κ1) is 16.7. The van der Waals surface area contributed by atoms with E-state index in [9.17, 15) is 4.79 Å². The number of anilines is 1. The molecule has 0 bridgehead atoms. The molecule has 0 radical (unpaired) electrons. The van der Waals surface area contributed by atoms with Crippen molar-refractivity contribution in [1.29, 1.82) is 0 Å². The summed E-state index contributed by atoms with van der Waals surface area (Å²) in [5.74, 6) is 0. The zero-order valence-electron chi connectivity index (χ0n) is 13.5. The lowest BCUT2D eigenvalue weighted by Gasteiger charge is -2.34. The van der Waals surface area contributed by atoms with Gasteiger partial charge in [0, 0.05) is 26.7 Å². The standard InChI is InChI=1S/C16H24ClN3O3/c1-19-16(21)15(17)14(10-18-19)20-7-5-12(6-8-20)23-11-13-4-2-3-9-22-13/h10,12-13H,2-9,11H2,1H3/t13-/m1/s1. The van der Waals surface area contributed by atoms with Crippen LogP contribution in [-0.4, -0.2) is 48.3 Å². The summed E-state index contributed by atoms with van der Waals surface area (Å²) in [5.41, 5.74) is 0.473. The molecule has 0 amide bonds. The zero-order valence-corrected chi connectivity index (χ0v) is 14.3. The van der Waals surface area contributed by atoms with Gasteiger partial charge >= 0.3 is 0 Å². The van der Waals surface area contributed by atoms with Crippen molar-refractivity contribution in [2.45, 2.75) is 44.3 Å². The SMILES string of the molecule is Cn1ncc(N2CCC(OC[C@H]3CCCCO3)CC2)c(Cl)c1=O. The second-order valence-corrected chi connectivity index (χ2v) is 6.66. The van der Waals surface area contributed by atoms with Crippen molar-refractivity contribution < 1.29 is 9.47 Å². The van der Waals surface area contributed by atoms with E-state index in [0.717, 1.165) is 44.6 Å². The van der Waals surface area contributed by atoms with Crippen LogP contribution in [0.5, 0.6) is 0 Å². The van der Waals surface area contributed by atoms with Crippen LogP contribution in [-0.2, 0) is 16.5 Å². The maximum Gasteiger partial charge on any atom is 0.287 e. The average Bonchev–Trinajstić information content (AvgIpc) is 2.60. The first-order valence-electron chi connectivity index (χ1n) is 8.35. The van der Waals surface area contributed by atoms with E-state index in [1.54, 1.807) is 13.2 Å². The predicted octanol–water partition coefficient (Wildman–Crippen LogP) is 1.99. The fraction of sp³-hybridized carbons (Fsp3) is 0.750. The predicted molar refractivity (Wildman–Crippen MR) is 89.3 cm³/mol. The third-order valence-electron chi connectivity index (χ3n) is 4.63. The highest BCUT2D eigenvalue weighted by molar-refractivity contribution is 6.33. The van der Waals surface area contributed by atoms with Gasteiger partial charge in [0.2, 0.25) is 0 Å². The third-order valence-corrected chi connectivity index (χ3v) is 4.99. The molecule has 1 atom stereocenters. The number of nitrogens with zero attached hydrogens (tertiary/aromatic N) is 3. The summed E-state index contributed by atoms with van der Waals surface area (Å²) < 4.78 is 13.0. The van der Waals surface area contributed by atoms with Crippen LogP contribution < -0.4 is 10.5 Å². The van der Waals surface area contributed by atoms with Crippen LogP contribution in [0.4, 0.5) is 5.69 Å². The normalized spacial score (nSPS) is 23.2. The molecular weight excluding hydrogens is 318 g/mol. The van der Waals surface area contributed by atoms with Gasteiger partial charge < -0.3 is 14.4 Å². The molecule has 7 heteroatoms. The van der Waals surface area contributed by atoms with E-state index in [-0.39, 0.29) is 22.8 Å². The molecule has 2 fully saturated rings. The van der Waals surface area contributed by atoms with Gasteiger partial charge in [-0.1, -0.05) is 11.6 Å². The Morgan fingerprint density at radius 3 is 2.83 bits per heavy atom. The number of rotatable bonds is 4. The van der Waals surface area contributed by atoms with Crippen molar-refractivity contribution in [1.82, 2.24) is 9.78 Å². The van der Waals surface area contributed by atoms with Crippen LogP contribution in [0, 0.1) is 0 Å². The van der Waals surface area contributed by atoms with Crippen molar-refractivity contribution >= 4 is 17.3 Å². The molecule has 0 aliphatic carbocycles. The number of hydrogen-bond acceptors (Lipinski definition) is 5. The molecule has 0 unspecified atom stereocenters. The zero-order chi connectivity index (χ0) is 16.2. The van der Waals surface area contributed by atoms with Gasteiger partial charge in [-0.05, 0) is 32.1 Å². The molecule has 1 aromatic heterocycles. The molecule has 2 saturated heterocycles. The summed E-state index contributed by atoms with van der Waals surface area (Å²) in [5, 5.41) is 4.31. The van der Waals surface area contributed by atoms with Crippen molar-refractivity contribution in [2.24, 2.45) is 7.05 Å². The van der Waals surface area contributed by atoms with Crippen LogP contribution >= 0.6 is 11.6 Å². The average molecular weight is 342 g/mol. The molecule has 3 heterocycles. The first-order valence-corrected chi connectivity index (χ1v) is 8.73. The molecule has 0 spiro atoms. The van der Waals surface area contributed by atoms with Gasteiger partial charge in [0.15, 0.2) is 0 Å². The Bertz CT molecular complexity index is 578. The van der Waals surface area contributed by atoms with E-state index >= 15 is 0 Å².